The van der Waals surface area contributed by atoms with Crippen LogP contribution in [0.25, 0.3) is 0 Å². The van der Waals surface area contributed by atoms with Crippen LogP contribution < -0.4 is 0 Å². The van der Waals surface area contributed by atoms with E-state index in [1.807, 2.05) is 19.9 Å². The average molecular weight is 318 g/mol. The van der Waals surface area contributed by atoms with E-state index in [9.17, 15) is 18.4 Å². The molecule has 0 aromatic heterocycles. The third-order valence-electron chi connectivity index (χ3n) is 3.23. The maximum atomic E-state index is 13.9. The number of carbonyl (C=O) groups is 2. The summed E-state index contributed by atoms with van der Waals surface area (Å²) < 4.78 is 32.5. The Morgan fingerprint density at radius 2 is 1.57 bits per heavy atom. The second-order valence-corrected chi connectivity index (χ2v) is 5.34. The number of alkyl halides is 2. The van der Waals surface area contributed by atoms with E-state index >= 15 is 0 Å². The van der Waals surface area contributed by atoms with E-state index < -0.39 is 17.7 Å². The fourth-order valence-electron chi connectivity index (χ4n) is 2.26. The van der Waals surface area contributed by atoms with E-state index in [1.165, 1.54) is 24.3 Å². The van der Waals surface area contributed by atoms with Gasteiger partial charge < -0.3 is 4.74 Å². The molecule has 0 saturated carbocycles. The molecule has 0 heterocycles. The van der Waals surface area contributed by atoms with Crippen LogP contribution in [0.1, 0.15) is 27.0 Å². The highest BCUT2D eigenvalue weighted by Gasteiger charge is 2.49. The largest absolute Gasteiger partial charge is 0.456 e. The molecule has 120 valence electrons. The van der Waals surface area contributed by atoms with Gasteiger partial charge in [-0.2, -0.15) is 8.78 Å². The van der Waals surface area contributed by atoms with Gasteiger partial charge in [0.1, 0.15) is 6.61 Å². The third kappa shape index (κ3) is 4.00. The van der Waals surface area contributed by atoms with Crippen LogP contribution in [0.2, 0.25) is 0 Å². The Hall–Kier alpha value is -2.56. The minimum absolute atomic E-state index is 0.235. The Balaban J connectivity index is 2.08. The summed E-state index contributed by atoms with van der Waals surface area (Å²) in [6.07, 6.45) is 0. The normalized spacial score (nSPS) is 11.1. The molecule has 0 aliphatic rings. The van der Waals surface area contributed by atoms with Crippen molar-refractivity contribution in [2.75, 3.05) is 0 Å². The highest BCUT2D eigenvalue weighted by molar-refractivity contribution is 6.13. The Labute approximate surface area is 132 Å². The van der Waals surface area contributed by atoms with E-state index in [-0.39, 0.29) is 12.2 Å². The highest BCUT2D eigenvalue weighted by Crippen LogP contribution is 2.23. The van der Waals surface area contributed by atoms with Gasteiger partial charge in [-0.15, -0.1) is 0 Å². The van der Waals surface area contributed by atoms with E-state index in [2.05, 4.69) is 4.74 Å². The molecule has 0 spiro atoms. The van der Waals surface area contributed by atoms with Gasteiger partial charge in [-0.25, -0.2) is 4.79 Å². The molecule has 0 N–H and O–H groups in total. The van der Waals surface area contributed by atoms with Crippen LogP contribution in [0, 0.1) is 13.8 Å². The molecule has 0 aliphatic heterocycles. The van der Waals surface area contributed by atoms with Crippen molar-refractivity contribution in [2.24, 2.45) is 0 Å². The minimum Gasteiger partial charge on any atom is -0.456 e. The third-order valence-corrected chi connectivity index (χ3v) is 3.23. The van der Waals surface area contributed by atoms with Gasteiger partial charge in [0.15, 0.2) is 0 Å². The summed E-state index contributed by atoms with van der Waals surface area (Å²) in [5.41, 5.74) is 2.23. The molecule has 0 fully saturated rings. The van der Waals surface area contributed by atoms with Crippen LogP contribution in [-0.4, -0.2) is 17.7 Å². The molecule has 23 heavy (non-hydrogen) atoms. The van der Waals surface area contributed by atoms with Crippen LogP contribution in [0.5, 0.6) is 0 Å². The minimum atomic E-state index is -4.21. The number of esters is 1. The molecule has 0 radical (unpaired) electrons. The maximum absolute atomic E-state index is 13.9. The number of benzene rings is 2. The topological polar surface area (TPSA) is 43.4 Å². The summed E-state index contributed by atoms with van der Waals surface area (Å²) >= 11 is 0. The zero-order valence-electron chi connectivity index (χ0n) is 12.8. The van der Waals surface area contributed by atoms with E-state index in [0.29, 0.717) is 5.56 Å². The first-order valence-electron chi connectivity index (χ1n) is 7.03. The zero-order chi connectivity index (χ0) is 17.0. The van der Waals surface area contributed by atoms with Crippen molar-refractivity contribution in [3.63, 3.8) is 0 Å². The number of ketones is 1. The van der Waals surface area contributed by atoms with Gasteiger partial charge in [0, 0.05) is 5.56 Å². The number of Topliss-reactive ketones (excluding diaryl/α,β-unsaturated/α-hetero) is 1. The van der Waals surface area contributed by atoms with Crippen molar-refractivity contribution >= 4 is 11.8 Å². The molecule has 0 saturated heterocycles. The SMILES string of the molecule is Cc1cc(C)cc(COC(=O)C(F)(F)C(=O)c2ccccc2)c1. The molecular weight excluding hydrogens is 302 g/mol. The fourth-order valence-corrected chi connectivity index (χ4v) is 2.26. The molecule has 2 rings (SSSR count). The lowest BCUT2D eigenvalue weighted by Gasteiger charge is -2.14. The quantitative estimate of drug-likeness (QED) is 0.477. The number of carbonyl (C=O) groups excluding carboxylic acids is 2. The smallest absolute Gasteiger partial charge is 0.404 e. The molecular formula is C18H16F2O3. The maximum Gasteiger partial charge on any atom is 0.404 e. The van der Waals surface area contributed by atoms with Crippen molar-refractivity contribution in [1.29, 1.82) is 0 Å². The Morgan fingerprint density at radius 3 is 2.13 bits per heavy atom. The van der Waals surface area contributed by atoms with Gasteiger partial charge in [-0.3, -0.25) is 4.79 Å². The molecule has 0 amide bonds. The molecule has 0 bridgehead atoms. The number of hydrogen-bond donors (Lipinski definition) is 0. The standard InChI is InChI=1S/C18H16F2O3/c1-12-8-13(2)10-14(9-12)11-23-17(22)18(19,20)16(21)15-6-4-3-5-7-15/h3-10H,11H2,1-2H3. The highest BCUT2D eigenvalue weighted by atomic mass is 19.3. The molecule has 0 unspecified atom stereocenters. The number of hydrogen-bond acceptors (Lipinski definition) is 3. The second-order valence-electron chi connectivity index (χ2n) is 5.34. The lowest BCUT2D eigenvalue weighted by Crippen LogP contribution is -2.39. The first kappa shape index (κ1) is 16.8. The summed E-state index contributed by atoms with van der Waals surface area (Å²) in [6, 6.07) is 12.3. The van der Waals surface area contributed by atoms with Crippen LogP contribution in [0.15, 0.2) is 48.5 Å². The second kappa shape index (κ2) is 6.69. The summed E-state index contributed by atoms with van der Waals surface area (Å²) in [4.78, 5) is 23.4. The fraction of sp³-hybridized carbons (Fsp3) is 0.222. The van der Waals surface area contributed by atoms with Gasteiger partial charge >= 0.3 is 11.9 Å². The van der Waals surface area contributed by atoms with Gasteiger partial charge in [-0.1, -0.05) is 59.7 Å². The molecule has 2 aromatic carbocycles. The summed E-state index contributed by atoms with van der Waals surface area (Å²) in [7, 11) is 0. The lowest BCUT2D eigenvalue weighted by molar-refractivity contribution is -0.166. The number of rotatable bonds is 5. The summed E-state index contributed by atoms with van der Waals surface area (Å²) in [5, 5.41) is 0. The summed E-state index contributed by atoms with van der Waals surface area (Å²) in [6.45, 7) is 3.40. The Bertz CT molecular complexity index is 704. The number of ether oxygens (including phenoxy) is 1. The molecule has 3 nitrogen and oxygen atoms in total. The van der Waals surface area contributed by atoms with Crippen LogP contribution in [0.3, 0.4) is 0 Å². The van der Waals surface area contributed by atoms with Crippen molar-refractivity contribution in [3.8, 4) is 0 Å². The monoisotopic (exact) mass is 318 g/mol. The lowest BCUT2D eigenvalue weighted by atomic mass is 10.1. The van der Waals surface area contributed by atoms with E-state index in [0.717, 1.165) is 11.1 Å². The van der Waals surface area contributed by atoms with Crippen molar-refractivity contribution in [1.82, 2.24) is 0 Å². The van der Waals surface area contributed by atoms with E-state index in [1.54, 1.807) is 18.2 Å². The van der Waals surface area contributed by atoms with E-state index in [4.69, 9.17) is 0 Å². The van der Waals surface area contributed by atoms with Crippen molar-refractivity contribution < 1.29 is 23.1 Å². The van der Waals surface area contributed by atoms with Crippen LogP contribution in [-0.2, 0) is 16.1 Å². The van der Waals surface area contributed by atoms with Crippen molar-refractivity contribution in [3.05, 3.63) is 70.8 Å². The van der Waals surface area contributed by atoms with Gasteiger partial charge in [-0.05, 0) is 19.4 Å². The van der Waals surface area contributed by atoms with Gasteiger partial charge in [0.25, 0.3) is 0 Å². The van der Waals surface area contributed by atoms with Crippen LogP contribution in [0.4, 0.5) is 8.78 Å². The predicted molar refractivity (Wildman–Crippen MR) is 81.4 cm³/mol. The molecule has 0 aliphatic carbocycles. The average Bonchev–Trinajstić information content (AvgIpc) is 2.51. The zero-order valence-corrected chi connectivity index (χ0v) is 12.8. The molecule has 0 atom stereocenters. The summed E-state index contributed by atoms with van der Waals surface area (Å²) in [5.74, 6) is -7.62. The van der Waals surface area contributed by atoms with Crippen molar-refractivity contribution in [2.45, 2.75) is 26.4 Å². The first-order chi connectivity index (χ1) is 10.8. The van der Waals surface area contributed by atoms with Crippen LogP contribution >= 0.6 is 0 Å². The Morgan fingerprint density at radius 1 is 1.00 bits per heavy atom. The predicted octanol–water partition coefficient (Wildman–Crippen LogP) is 3.86. The molecule has 5 heteroatoms. The van der Waals surface area contributed by atoms with Gasteiger partial charge in [0.05, 0.1) is 0 Å². The molecule has 2 aromatic rings. The number of halogens is 2. The van der Waals surface area contributed by atoms with Gasteiger partial charge in [0.2, 0.25) is 5.78 Å². The first-order valence-corrected chi connectivity index (χ1v) is 7.03. The Kier molecular flexibility index (Phi) is 4.89. The number of aryl methyl sites for hydroxylation is 2.